The number of aromatic nitrogens is 1. The standard InChI is InChI=1S/C12H16FN3O/c1-16(2)10-5-3-4-9(15-10)8-14-11(17)12(13)6-7-12/h3-5H,6-8H2,1-2H3,(H,14,17). The first kappa shape index (κ1) is 11.8. The molecular formula is C12H16FN3O. The Labute approximate surface area is 99.8 Å². The number of anilines is 1. The predicted molar refractivity (Wildman–Crippen MR) is 63.5 cm³/mol. The van der Waals surface area contributed by atoms with Gasteiger partial charge in [-0.1, -0.05) is 6.07 Å². The van der Waals surface area contributed by atoms with Gasteiger partial charge in [0, 0.05) is 14.1 Å². The quantitative estimate of drug-likeness (QED) is 0.857. The van der Waals surface area contributed by atoms with Crippen molar-refractivity contribution < 1.29 is 9.18 Å². The molecule has 1 fully saturated rings. The van der Waals surface area contributed by atoms with Crippen molar-refractivity contribution in [2.45, 2.75) is 25.1 Å². The van der Waals surface area contributed by atoms with Gasteiger partial charge in [-0.3, -0.25) is 4.79 Å². The summed E-state index contributed by atoms with van der Waals surface area (Å²) in [5.74, 6) is 0.299. The Bertz CT molecular complexity index is 430. The molecule has 1 aromatic heterocycles. The lowest BCUT2D eigenvalue weighted by molar-refractivity contribution is -0.127. The second kappa shape index (κ2) is 4.31. The summed E-state index contributed by atoms with van der Waals surface area (Å²) >= 11 is 0. The van der Waals surface area contributed by atoms with Gasteiger partial charge in [-0.15, -0.1) is 0 Å². The number of hydrogen-bond donors (Lipinski definition) is 1. The first-order valence-electron chi connectivity index (χ1n) is 5.62. The van der Waals surface area contributed by atoms with Crippen molar-refractivity contribution in [3.8, 4) is 0 Å². The van der Waals surface area contributed by atoms with Gasteiger partial charge >= 0.3 is 0 Å². The minimum Gasteiger partial charge on any atom is -0.363 e. The van der Waals surface area contributed by atoms with Crippen LogP contribution in [0.4, 0.5) is 10.2 Å². The Kier molecular flexibility index (Phi) is 3.00. The first-order valence-corrected chi connectivity index (χ1v) is 5.62. The Balaban J connectivity index is 1.94. The van der Waals surface area contributed by atoms with E-state index in [1.54, 1.807) is 0 Å². The van der Waals surface area contributed by atoms with Gasteiger partial charge in [0.05, 0.1) is 12.2 Å². The van der Waals surface area contributed by atoms with Crippen molar-refractivity contribution in [2.24, 2.45) is 0 Å². The number of halogens is 1. The molecular weight excluding hydrogens is 221 g/mol. The topological polar surface area (TPSA) is 45.2 Å². The van der Waals surface area contributed by atoms with E-state index >= 15 is 0 Å². The summed E-state index contributed by atoms with van der Waals surface area (Å²) in [6.07, 6.45) is 0.675. The van der Waals surface area contributed by atoms with Gasteiger partial charge in [0.25, 0.3) is 5.91 Å². The fraction of sp³-hybridized carbons (Fsp3) is 0.500. The van der Waals surface area contributed by atoms with E-state index in [-0.39, 0.29) is 6.54 Å². The van der Waals surface area contributed by atoms with Gasteiger partial charge < -0.3 is 10.2 Å². The van der Waals surface area contributed by atoms with E-state index < -0.39 is 11.6 Å². The number of amides is 1. The molecule has 1 aliphatic rings. The maximum Gasteiger partial charge on any atom is 0.258 e. The Morgan fingerprint density at radius 1 is 1.53 bits per heavy atom. The molecule has 5 heteroatoms. The van der Waals surface area contributed by atoms with Crippen LogP contribution in [0.25, 0.3) is 0 Å². The molecule has 92 valence electrons. The highest BCUT2D eigenvalue weighted by molar-refractivity contribution is 5.87. The van der Waals surface area contributed by atoms with E-state index in [9.17, 15) is 9.18 Å². The summed E-state index contributed by atoms with van der Waals surface area (Å²) in [5, 5.41) is 2.57. The average molecular weight is 237 g/mol. The third kappa shape index (κ3) is 2.72. The summed E-state index contributed by atoms with van der Waals surface area (Å²) < 4.78 is 13.4. The second-order valence-corrected chi connectivity index (χ2v) is 4.53. The summed E-state index contributed by atoms with van der Waals surface area (Å²) in [5.41, 5.74) is -0.882. The van der Waals surface area contributed by atoms with Crippen LogP contribution in [0.3, 0.4) is 0 Å². The zero-order chi connectivity index (χ0) is 12.5. The number of pyridine rings is 1. The monoisotopic (exact) mass is 237 g/mol. The van der Waals surface area contributed by atoms with Crippen LogP contribution in [0.2, 0.25) is 0 Å². The molecule has 1 aliphatic carbocycles. The predicted octanol–water partition coefficient (Wildman–Crippen LogP) is 1.27. The van der Waals surface area contributed by atoms with Crippen LogP contribution in [-0.2, 0) is 11.3 Å². The molecule has 1 heterocycles. The van der Waals surface area contributed by atoms with E-state index in [1.165, 1.54) is 0 Å². The number of nitrogens with one attached hydrogen (secondary N) is 1. The van der Waals surface area contributed by atoms with Crippen molar-refractivity contribution in [3.05, 3.63) is 23.9 Å². The van der Waals surface area contributed by atoms with Gasteiger partial charge in [0.2, 0.25) is 0 Å². The number of carbonyl (C=O) groups excluding carboxylic acids is 1. The molecule has 0 unspecified atom stereocenters. The molecule has 4 nitrogen and oxygen atoms in total. The maximum atomic E-state index is 13.4. The fourth-order valence-corrected chi connectivity index (χ4v) is 1.48. The summed E-state index contributed by atoms with van der Waals surface area (Å²) in [7, 11) is 3.79. The number of nitrogens with zero attached hydrogens (tertiary/aromatic N) is 2. The Morgan fingerprint density at radius 2 is 2.24 bits per heavy atom. The second-order valence-electron chi connectivity index (χ2n) is 4.53. The third-order valence-electron chi connectivity index (χ3n) is 2.78. The normalized spacial score (nSPS) is 16.4. The lowest BCUT2D eigenvalue weighted by Crippen LogP contribution is -2.33. The number of hydrogen-bond acceptors (Lipinski definition) is 3. The highest BCUT2D eigenvalue weighted by atomic mass is 19.1. The van der Waals surface area contributed by atoms with E-state index in [0.29, 0.717) is 12.8 Å². The maximum absolute atomic E-state index is 13.4. The lowest BCUT2D eigenvalue weighted by atomic mass is 10.3. The average Bonchev–Trinajstić information content (AvgIpc) is 3.06. The molecule has 0 saturated heterocycles. The zero-order valence-electron chi connectivity index (χ0n) is 10.0. The lowest BCUT2D eigenvalue weighted by Gasteiger charge is -2.13. The van der Waals surface area contributed by atoms with Crippen molar-refractivity contribution in [3.63, 3.8) is 0 Å². The number of carbonyl (C=O) groups is 1. The summed E-state index contributed by atoms with van der Waals surface area (Å²) in [6, 6.07) is 5.56. The molecule has 0 spiro atoms. The van der Waals surface area contributed by atoms with Crippen molar-refractivity contribution in [1.29, 1.82) is 0 Å². The summed E-state index contributed by atoms with van der Waals surface area (Å²) in [6.45, 7) is 0.270. The molecule has 1 aromatic rings. The number of rotatable bonds is 4. The van der Waals surface area contributed by atoms with Gasteiger partial charge in [-0.25, -0.2) is 9.37 Å². The molecule has 1 saturated carbocycles. The van der Waals surface area contributed by atoms with E-state index in [2.05, 4.69) is 10.3 Å². The van der Waals surface area contributed by atoms with Crippen LogP contribution >= 0.6 is 0 Å². The minimum atomic E-state index is -1.61. The molecule has 0 bridgehead atoms. The van der Waals surface area contributed by atoms with Gasteiger partial charge in [-0.05, 0) is 25.0 Å². The molecule has 0 atom stereocenters. The first-order chi connectivity index (χ1) is 8.01. The Hall–Kier alpha value is -1.65. The molecule has 1 N–H and O–H groups in total. The fourth-order valence-electron chi connectivity index (χ4n) is 1.48. The minimum absolute atomic E-state index is 0.270. The van der Waals surface area contributed by atoms with E-state index in [0.717, 1.165) is 11.5 Å². The largest absolute Gasteiger partial charge is 0.363 e. The van der Waals surface area contributed by atoms with Gasteiger partial charge in [0.15, 0.2) is 5.67 Å². The van der Waals surface area contributed by atoms with Crippen LogP contribution in [0.1, 0.15) is 18.5 Å². The van der Waals surface area contributed by atoms with E-state index in [1.807, 2.05) is 37.2 Å². The van der Waals surface area contributed by atoms with Crippen molar-refractivity contribution in [2.75, 3.05) is 19.0 Å². The van der Waals surface area contributed by atoms with Crippen molar-refractivity contribution in [1.82, 2.24) is 10.3 Å². The van der Waals surface area contributed by atoms with Gasteiger partial charge in [0.1, 0.15) is 5.82 Å². The molecule has 0 aromatic carbocycles. The van der Waals surface area contributed by atoms with E-state index in [4.69, 9.17) is 0 Å². The highest BCUT2D eigenvalue weighted by Gasteiger charge is 2.50. The van der Waals surface area contributed by atoms with Crippen LogP contribution in [0.15, 0.2) is 18.2 Å². The van der Waals surface area contributed by atoms with Crippen LogP contribution in [-0.4, -0.2) is 30.7 Å². The van der Waals surface area contributed by atoms with Crippen LogP contribution < -0.4 is 10.2 Å². The highest BCUT2D eigenvalue weighted by Crippen LogP contribution is 2.39. The molecule has 0 radical (unpaired) electrons. The van der Waals surface area contributed by atoms with Crippen LogP contribution in [0.5, 0.6) is 0 Å². The number of alkyl halides is 1. The molecule has 0 aliphatic heterocycles. The third-order valence-corrected chi connectivity index (χ3v) is 2.78. The smallest absolute Gasteiger partial charge is 0.258 e. The molecule has 2 rings (SSSR count). The van der Waals surface area contributed by atoms with Crippen LogP contribution in [0, 0.1) is 0 Å². The molecule has 17 heavy (non-hydrogen) atoms. The zero-order valence-corrected chi connectivity index (χ0v) is 10.0. The SMILES string of the molecule is CN(C)c1cccc(CNC(=O)C2(F)CC2)n1. The summed E-state index contributed by atoms with van der Waals surface area (Å²) in [4.78, 5) is 17.6. The van der Waals surface area contributed by atoms with Crippen molar-refractivity contribution >= 4 is 11.7 Å². The van der Waals surface area contributed by atoms with Gasteiger partial charge in [-0.2, -0.15) is 0 Å². The Morgan fingerprint density at radius 3 is 2.82 bits per heavy atom. The molecule has 1 amide bonds.